The summed E-state index contributed by atoms with van der Waals surface area (Å²) in [6, 6.07) is 16.1. The lowest BCUT2D eigenvalue weighted by molar-refractivity contribution is 0.0168. The molecule has 0 aromatic heterocycles. The van der Waals surface area contributed by atoms with Gasteiger partial charge in [0.25, 0.3) is 0 Å². The molecule has 0 radical (unpaired) electrons. The van der Waals surface area contributed by atoms with E-state index in [9.17, 15) is 0 Å². The molecule has 1 unspecified atom stereocenters. The van der Waals surface area contributed by atoms with Gasteiger partial charge in [0.05, 0.1) is 32.5 Å². The van der Waals surface area contributed by atoms with Gasteiger partial charge in [0.1, 0.15) is 0 Å². The van der Waals surface area contributed by atoms with Crippen LogP contribution in [0, 0.1) is 0 Å². The van der Waals surface area contributed by atoms with Crippen molar-refractivity contribution in [2.45, 2.75) is 38.3 Å². The van der Waals surface area contributed by atoms with Gasteiger partial charge in [-0.3, -0.25) is 0 Å². The fraction of sp³-hybridized carbons (Fsp3) is 0.480. The van der Waals surface area contributed by atoms with Gasteiger partial charge in [0.15, 0.2) is 17.5 Å². The van der Waals surface area contributed by atoms with E-state index in [-0.39, 0.29) is 30.1 Å². The number of rotatable bonds is 9. The van der Waals surface area contributed by atoms with E-state index in [0.29, 0.717) is 33.0 Å². The van der Waals surface area contributed by atoms with Gasteiger partial charge in [0, 0.05) is 37.9 Å². The molecule has 7 nitrogen and oxygen atoms in total. The topological polar surface area (TPSA) is 73.3 Å². The summed E-state index contributed by atoms with van der Waals surface area (Å²) in [7, 11) is 0. The molecule has 0 amide bonds. The van der Waals surface area contributed by atoms with Crippen molar-refractivity contribution < 1.29 is 18.9 Å². The van der Waals surface area contributed by atoms with Crippen LogP contribution in [0.5, 0.6) is 11.5 Å². The van der Waals surface area contributed by atoms with Crippen LogP contribution in [0.15, 0.2) is 53.5 Å². The Hall–Kier alpha value is -2.04. The molecule has 0 saturated carbocycles. The Labute approximate surface area is 213 Å². The molecule has 8 heteroatoms. The molecule has 0 bridgehead atoms. The Morgan fingerprint density at radius 2 is 1.85 bits per heavy atom. The van der Waals surface area contributed by atoms with Gasteiger partial charge < -0.3 is 29.6 Å². The first-order valence-corrected chi connectivity index (χ1v) is 11.5. The monoisotopic (exact) mass is 567 g/mol. The third kappa shape index (κ3) is 8.68. The second-order valence-electron chi connectivity index (χ2n) is 7.98. The molecule has 2 aromatic carbocycles. The van der Waals surface area contributed by atoms with Gasteiger partial charge in [-0.15, -0.1) is 24.0 Å². The largest absolute Gasteiger partial charge is 0.490 e. The molecule has 2 aliphatic rings. The first-order chi connectivity index (χ1) is 15.9. The number of hydrogen-bond acceptors (Lipinski definition) is 5. The van der Waals surface area contributed by atoms with E-state index in [1.807, 2.05) is 36.4 Å². The standard InChI is InChI=1S/C25H33N3O4.HI/c1-2-7-20(8-3-1)18-27-25(26-12-5-13-29-19-22-9-4-14-30-22)28-21-10-11-23-24(17-21)32-16-6-15-31-23;/h1-3,7-8,10-11,17,22H,4-6,9,12-16,18-19H2,(H2,26,27,28);1H. The minimum atomic E-state index is 0. The van der Waals surface area contributed by atoms with E-state index < -0.39 is 0 Å². The minimum absolute atomic E-state index is 0. The predicted molar refractivity (Wildman–Crippen MR) is 141 cm³/mol. The number of aliphatic imine (C=N–C) groups is 1. The number of anilines is 1. The normalized spacial score (nSPS) is 17.7. The maximum atomic E-state index is 5.82. The summed E-state index contributed by atoms with van der Waals surface area (Å²) in [5.74, 6) is 2.27. The molecule has 33 heavy (non-hydrogen) atoms. The molecule has 1 fully saturated rings. The van der Waals surface area contributed by atoms with Crippen LogP contribution in [0.3, 0.4) is 0 Å². The molecular formula is C25H34IN3O4. The predicted octanol–water partition coefficient (Wildman–Crippen LogP) is 4.61. The SMILES string of the molecule is I.c1ccc(CN=C(NCCCOCC2CCCO2)Nc2ccc3c(c2)OCCCO3)cc1. The maximum absolute atomic E-state index is 5.82. The molecule has 2 N–H and O–H groups in total. The van der Waals surface area contributed by atoms with E-state index in [0.717, 1.165) is 67.5 Å². The molecule has 1 saturated heterocycles. The van der Waals surface area contributed by atoms with Gasteiger partial charge in [0.2, 0.25) is 0 Å². The molecule has 180 valence electrons. The number of nitrogens with one attached hydrogen (secondary N) is 2. The minimum Gasteiger partial charge on any atom is -0.490 e. The zero-order valence-corrected chi connectivity index (χ0v) is 21.3. The van der Waals surface area contributed by atoms with E-state index in [4.69, 9.17) is 23.9 Å². The van der Waals surface area contributed by atoms with E-state index >= 15 is 0 Å². The summed E-state index contributed by atoms with van der Waals surface area (Å²) < 4.78 is 22.9. The highest BCUT2D eigenvalue weighted by Crippen LogP contribution is 2.32. The molecular weight excluding hydrogens is 533 g/mol. The third-order valence-electron chi connectivity index (χ3n) is 5.36. The van der Waals surface area contributed by atoms with Crippen LogP contribution in [0.1, 0.15) is 31.2 Å². The molecule has 1 atom stereocenters. The van der Waals surface area contributed by atoms with Crippen LogP contribution in [0.25, 0.3) is 0 Å². The number of guanidine groups is 1. The van der Waals surface area contributed by atoms with Gasteiger partial charge in [-0.25, -0.2) is 4.99 Å². The second kappa shape index (κ2) is 14.3. The van der Waals surface area contributed by atoms with Crippen molar-refractivity contribution >= 4 is 35.6 Å². The van der Waals surface area contributed by atoms with Crippen molar-refractivity contribution in [1.82, 2.24) is 5.32 Å². The Morgan fingerprint density at radius 3 is 2.67 bits per heavy atom. The Morgan fingerprint density at radius 1 is 1.00 bits per heavy atom. The average molecular weight is 567 g/mol. The number of hydrogen-bond donors (Lipinski definition) is 2. The third-order valence-corrected chi connectivity index (χ3v) is 5.36. The van der Waals surface area contributed by atoms with Gasteiger partial charge in [-0.05, 0) is 37.0 Å². The van der Waals surface area contributed by atoms with Crippen LogP contribution in [-0.2, 0) is 16.0 Å². The maximum Gasteiger partial charge on any atom is 0.196 e. The van der Waals surface area contributed by atoms with E-state index in [2.05, 4.69) is 22.8 Å². The number of fused-ring (bicyclic) bond motifs is 1. The molecule has 2 aliphatic heterocycles. The summed E-state index contributed by atoms with van der Waals surface area (Å²) in [4.78, 5) is 4.76. The zero-order chi connectivity index (χ0) is 21.8. The Balaban J connectivity index is 0.00000306. The first kappa shape index (κ1) is 25.6. The van der Waals surface area contributed by atoms with Gasteiger partial charge in [-0.1, -0.05) is 30.3 Å². The molecule has 2 heterocycles. The van der Waals surface area contributed by atoms with Gasteiger partial charge >= 0.3 is 0 Å². The van der Waals surface area contributed by atoms with Crippen LogP contribution in [0.2, 0.25) is 0 Å². The summed E-state index contributed by atoms with van der Waals surface area (Å²) in [5.41, 5.74) is 2.07. The van der Waals surface area contributed by atoms with E-state index in [1.54, 1.807) is 0 Å². The fourth-order valence-corrected chi connectivity index (χ4v) is 3.64. The number of halogens is 1. The lowest BCUT2D eigenvalue weighted by Crippen LogP contribution is -2.32. The van der Waals surface area contributed by atoms with Crippen molar-refractivity contribution in [2.24, 2.45) is 4.99 Å². The molecule has 0 aliphatic carbocycles. The van der Waals surface area contributed by atoms with Crippen molar-refractivity contribution in [2.75, 3.05) is 44.9 Å². The second-order valence-corrected chi connectivity index (χ2v) is 7.98. The summed E-state index contributed by atoms with van der Waals surface area (Å²) in [6.45, 7) is 4.94. The quantitative estimate of drug-likeness (QED) is 0.200. The lowest BCUT2D eigenvalue weighted by Gasteiger charge is -2.15. The lowest BCUT2D eigenvalue weighted by atomic mass is 10.2. The van der Waals surface area contributed by atoms with Crippen LogP contribution in [-0.4, -0.2) is 51.6 Å². The van der Waals surface area contributed by atoms with E-state index in [1.165, 1.54) is 0 Å². The van der Waals surface area contributed by atoms with Crippen molar-refractivity contribution in [3.63, 3.8) is 0 Å². The van der Waals surface area contributed by atoms with Crippen LogP contribution < -0.4 is 20.1 Å². The Bertz CT molecular complexity index is 860. The van der Waals surface area contributed by atoms with Gasteiger partial charge in [-0.2, -0.15) is 0 Å². The molecule has 2 aromatic rings. The highest BCUT2D eigenvalue weighted by Gasteiger charge is 2.15. The van der Waals surface area contributed by atoms with Crippen LogP contribution in [0.4, 0.5) is 5.69 Å². The number of ether oxygens (including phenoxy) is 4. The number of benzene rings is 2. The van der Waals surface area contributed by atoms with Crippen molar-refractivity contribution in [3.05, 3.63) is 54.1 Å². The van der Waals surface area contributed by atoms with Crippen LogP contribution >= 0.6 is 24.0 Å². The average Bonchev–Trinajstić information content (AvgIpc) is 3.24. The first-order valence-electron chi connectivity index (χ1n) is 11.5. The summed E-state index contributed by atoms with van der Waals surface area (Å²) >= 11 is 0. The molecule has 0 spiro atoms. The van der Waals surface area contributed by atoms with Crippen molar-refractivity contribution in [3.8, 4) is 11.5 Å². The zero-order valence-electron chi connectivity index (χ0n) is 19.0. The Kier molecular flexibility index (Phi) is 11.1. The van der Waals surface area contributed by atoms with Crippen molar-refractivity contribution in [1.29, 1.82) is 0 Å². The molecule has 4 rings (SSSR count). The highest BCUT2D eigenvalue weighted by atomic mass is 127. The fourth-order valence-electron chi connectivity index (χ4n) is 3.64. The highest BCUT2D eigenvalue weighted by molar-refractivity contribution is 14.0. The summed E-state index contributed by atoms with van der Waals surface area (Å²) in [5, 5.41) is 6.81. The number of nitrogens with zero attached hydrogens (tertiary/aromatic N) is 1. The summed E-state index contributed by atoms with van der Waals surface area (Å²) in [6.07, 6.45) is 4.29. The smallest absolute Gasteiger partial charge is 0.196 e.